The van der Waals surface area contributed by atoms with Crippen LogP contribution in [-0.2, 0) is 0 Å². The van der Waals surface area contributed by atoms with Gasteiger partial charge in [-0.05, 0) is 95.9 Å². The maximum absolute atomic E-state index is 9.66. The van der Waals surface area contributed by atoms with E-state index in [1.807, 2.05) is 0 Å². The van der Waals surface area contributed by atoms with Crippen molar-refractivity contribution in [1.82, 2.24) is 0 Å². The average Bonchev–Trinajstić information content (AvgIpc) is 3.65. The molecule has 8 aromatic carbocycles. The van der Waals surface area contributed by atoms with Gasteiger partial charge in [-0.25, -0.2) is 0 Å². The molecule has 9 aromatic rings. The van der Waals surface area contributed by atoms with Crippen LogP contribution in [0.25, 0.3) is 87.6 Å². The highest BCUT2D eigenvalue weighted by molar-refractivity contribution is 6.22. The molecule has 0 fully saturated rings. The zero-order valence-electron chi connectivity index (χ0n) is 41.9. The van der Waals surface area contributed by atoms with Crippen molar-refractivity contribution in [3.8, 4) is 33.4 Å². The Bertz CT molecular complexity index is 3560. The Labute approximate surface area is 277 Å². The Balaban J connectivity index is 1.46. The van der Waals surface area contributed by atoms with E-state index in [1.54, 1.807) is 0 Å². The van der Waals surface area contributed by atoms with Gasteiger partial charge < -0.3 is 4.42 Å². The van der Waals surface area contributed by atoms with Crippen molar-refractivity contribution in [1.29, 1.82) is 0 Å². The standard InChI is InChI=1S/C42H26O/c1-2-11-28-24-30(21-20-27(28)10-1)29-12-9-13-31(25-29)41-35-15-3-5-17-37(35)42(38-18-6-4-16-36(38)41)32-22-23-34-33-14-7-8-19-39(33)43-40(34)26-32/h1-26H/i1D,2D,3D,4D,5D,6D,7D,8D,9D,10D,11D,12D,13D,14D,19D,20D,22D,23D,25D,26D. The predicted molar refractivity (Wildman–Crippen MR) is 183 cm³/mol. The summed E-state index contributed by atoms with van der Waals surface area (Å²) < 4.78 is 181. The molecule has 0 spiro atoms. The lowest BCUT2D eigenvalue weighted by molar-refractivity contribution is 0.669. The van der Waals surface area contributed by atoms with Gasteiger partial charge in [0.15, 0.2) is 0 Å². The van der Waals surface area contributed by atoms with E-state index in [-0.39, 0.29) is 118 Å². The lowest BCUT2D eigenvalue weighted by Gasteiger charge is -2.18. The summed E-state index contributed by atoms with van der Waals surface area (Å²) in [6.07, 6.45) is 0. The van der Waals surface area contributed by atoms with Gasteiger partial charge in [0.05, 0.1) is 27.4 Å². The number of benzene rings is 8. The fraction of sp³-hybridized carbons (Fsp3) is 0. The summed E-state index contributed by atoms with van der Waals surface area (Å²) in [5.74, 6) is 0. The van der Waals surface area contributed by atoms with Crippen molar-refractivity contribution in [3.63, 3.8) is 0 Å². The molecule has 1 heterocycles. The highest BCUT2D eigenvalue weighted by atomic mass is 16.3. The van der Waals surface area contributed by atoms with Crippen molar-refractivity contribution in [2.45, 2.75) is 0 Å². The number of hydrogen-bond acceptors (Lipinski definition) is 1. The van der Waals surface area contributed by atoms with Crippen LogP contribution < -0.4 is 0 Å². The highest BCUT2D eigenvalue weighted by Gasteiger charge is 2.18. The van der Waals surface area contributed by atoms with Gasteiger partial charge in [0, 0.05) is 10.8 Å². The summed E-state index contributed by atoms with van der Waals surface area (Å²) in [7, 11) is 0. The van der Waals surface area contributed by atoms with Crippen molar-refractivity contribution >= 4 is 54.3 Å². The third-order valence-corrected chi connectivity index (χ3v) is 7.38. The van der Waals surface area contributed by atoms with E-state index in [1.165, 1.54) is 36.4 Å². The van der Waals surface area contributed by atoms with Crippen LogP contribution in [0.5, 0.6) is 0 Å². The van der Waals surface area contributed by atoms with Crippen molar-refractivity contribution in [2.75, 3.05) is 0 Å². The third kappa shape index (κ3) is 3.79. The number of hydrogen-bond donors (Lipinski definition) is 0. The van der Waals surface area contributed by atoms with Crippen LogP contribution in [0.2, 0.25) is 0 Å². The summed E-state index contributed by atoms with van der Waals surface area (Å²) >= 11 is 0. The summed E-state index contributed by atoms with van der Waals surface area (Å²) in [6.45, 7) is 0. The number of rotatable bonds is 3. The van der Waals surface area contributed by atoms with E-state index >= 15 is 0 Å². The Morgan fingerprint density at radius 1 is 0.372 bits per heavy atom. The normalized spacial score (nSPS) is 18.2. The van der Waals surface area contributed by atoms with E-state index in [0.29, 0.717) is 0 Å². The maximum Gasteiger partial charge on any atom is 0.136 e. The monoisotopic (exact) mass is 566 g/mol. The lowest BCUT2D eigenvalue weighted by atomic mass is 9.85. The second-order valence-electron chi connectivity index (χ2n) is 9.75. The molecule has 0 N–H and O–H groups in total. The fourth-order valence-corrected chi connectivity index (χ4v) is 5.49. The molecule has 1 heteroatoms. The Hall–Kier alpha value is -5.66. The Morgan fingerprint density at radius 3 is 1.72 bits per heavy atom. The second kappa shape index (κ2) is 9.44. The second-order valence-corrected chi connectivity index (χ2v) is 9.75. The van der Waals surface area contributed by atoms with Gasteiger partial charge in [-0.2, -0.15) is 0 Å². The van der Waals surface area contributed by atoms with Gasteiger partial charge in [-0.1, -0.05) is 127 Å². The maximum atomic E-state index is 9.66. The molecule has 0 bridgehead atoms. The molecular formula is C42H26O. The van der Waals surface area contributed by atoms with Crippen LogP contribution in [0.3, 0.4) is 0 Å². The van der Waals surface area contributed by atoms with Gasteiger partial charge in [0.25, 0.3) is 0 Å². The minimum Gasteiger partial charge on any atom is -0.456 e. The zero-order chi connectivity index (χ0) is 45.7. The summed E-state index contributed by atoms with van der Waals surface area (Å²) in [5, 5.41) is -0.636. The molecule has 0 amide bonds. The average molecular weight is 567 g/mol. The fourth-order valence-electron chi connectivity index (χ4n) is 5.49. The molecule has 0 unspecified atom stereocenters. The molecule has 0 saturated carbocycles. The molecule has 0 aliphatic carbocycles. The molecule has 1 nitrogen and oxygen atoms in total. The first kappa shape index (κ1) is 11.6. The predicted octanol–water partition coefficient (Wildman–Crippen LogP) is 12.0. The molecule has 0 radical (unpaired) electrons. The van der Waals surface area contributed by atoms with Gasteiger partial charge in [-0.15, -0.1) is 0 Å². The lowest BCUT2D eigenvalue weighted by Crippen LogP contribution is -1.91. The Morgan fingerprint density at radius 2 is 0.977 bits per heavy atom. The van der Waals surface area contributed by atoms with E-state index in [9.17, 15) is 5.48 Å². The van der Waals surface area contributed by atoms with E-state index in [4.69, 9.17) is 26.3 Å². The summed E-state index contributed by atoms with van der Waals surface area (Å²) in [6, 6.07) is -3.24. The summed E-state index contributed by atoms with van der Waals surface area (Å²) in [4.78, 5) is 0. The van der Waals surface area contributed by atoms with Crippen molar-refractivity contribution in [3.05, 3.63) is 157 Å². The minimum atomic E-state index is -0.695. The topological polar surface area (TPSA) is 13.1 Å². The van der Waals surface area contributed by atoms with Crippen LogP contribution in [-0.4, -0.2) is 0 Å². The first-order valence-corrected chi connectivity index (χ1v) is 13.1. The van der Waals surface area contributed by atoms with E-state index in [0.717, 1.165) is 0 Å². The SMILES string of the molecule is [2H]c1cc2c(-c3c([2H])c([2H])c([2H])c(-c4cc([2H])c5c([2H])c([2H])c([2H])c([2H])c5c4)c3[2H])c3cc([2H])c([2H])cc3c(-c3c([2H])c([2H])c4c(oc5c([2H])c([2H])c([2H])c([2H])c54)c3[2H])c2cc1[2H]. The molecule has 9 rings (SSSR count). The van der Waals surface area contributed by atoms with Gasteiger partial charge in [-0.3, -0.25) is 0 Å². The van der Waals surface area contributed by atoms with Crippen LogP contribution in [0.4, 0.5) is 0 Å². The molecule has 200 valence electrons. The summed E-state index contributed by atoms with van der Waals surface area (Å²) in [5.41, 5.74) is -1.82. The molecule has 43 heavy (non-hydrogen) atoms. The van der Waals surface area contributed by atoms with Crippen LogP contribution >= 0.6 is 0 Å². The smallest absolute Gasteiger partial charge is 0.136 e. The molecule has 0 saturated heterocycles. The third-order valence-electron chi connectivity index (χ3n) is 7.38. The van der Waals surface area contributed by atoms with Crippen LogP contribution in [0.15, 0.2) is 162 Å². The Kier molecular flexibility index (Phi) is 2.54. The molecule has 0 atom stereocenters. The molecule has 1 aromatic heterocycles. The van der Waals surface area contributed by atoms with Gasteiger partial charge in [0.2, 0.25) is 0 Å². The largest absolute Gasteiger partial charge is 0.456 e. The number of furan rings is 1. The molecule has 0 aliphatic heterocycles. The molecular weight excluding hydrogens is 520 g/mol. The highest BCUT2D eigenvalue weighted by Crippen LogP contribution is 2.45. The minimum absolute atomic E-state index is 0.00383. The quantitative estimate of drug-likeness (QED) is 0.194. The van der Waals surface area contributed by atoms with Crippen LogP contribution in [0, 0.1) is 0 Å². The van der Waals surface area contributed by atoms with Crippen molar-refractivity contribution < 1.29 is 31.8 Å². The zero-order valence-corrected chi connectivity index (χ0v) is 21.9. The first-order valence-electron chi connectivity index (χ1n) is 23.1. The van der Waals surface area contributed by atoms with Gasteiger partial charge >= 0.3 is 0 Å². The number of fused-ring (bicyclic) bond motifs is 6. The van der Waals surface area contributed by atoms with Gasteiger partial charge in [0.1, 0.15) is 11.2 Å². The van der Waals surface area contributed by atoms with E-state index in [2.05, 4.69) is 0 Å². The number of para-hydroxylation sites is 1. The van der Waals surface area contributed by atoms with Crippen molar-refractivity contribution in [2.24, 2.45) is 0 Å². The van der Waals surface area contributed by atoms with Crippen LogP contribution in [0.1, 0.15) is 27.4 Å². The molecule has 0 aliphatic rings. The first-order chi connectivity index (χ1) is 29.6. The van der Waals surface area contributed by atoms with E-state index < -0.39 is 90.6 Å².